The van der Waals surface area contributed by atoms with E-state index in [4.69, 9.17) is 0 Å². The Kier molecular flexibility index (Phi) is 5.43. The second-order valence-electron chi connectivity index (χ2n) is 5.37. The predicted molar refractivity (Wildman–Crippen MR) is 79.1 cm³/mol. The molecule has 2 rings (SSSR count). The van der Waals surface area contributed by atoms with Crippen molar-refractivity contribution in [1.29, 1.82) is 0 Å². The summed E-state index contributed by atoms with van der Waals surface area (Å²) in [6.07, 6.45) is -3.82. The molecular formula is C15H17F4N3O2. The van der Waals surface area contributed by atoms with E-state index in [0.717, 1.165) is 22.4 Å². The lowest BCUT2D eigenvalue weighted by atomic mass is 10.2. The maximum absolute atomic E-state index is 12.6. The van der Waals surface area contributed by atoms with Crippen LogP contribution < -0.4 is 5.32 Å². The van der Waals surface area contributed by atoms with Crippen molar-refractivity contribution in [3.05, 3.63) is 29.6 Å². The molecular weight excluding hydrogens is 330 g/mol. The molecule has 0 aliphatic rings. The SMILES string of the molecule is Cc1nc2cc(CNC(=O)COCC(F)(F)C(F)F)ccc2n1C. The van der Waals surface area contributed by atoms with Gasteiger partial charge in [-0.1, -0.05) is 6.07 Å². The number of nitrogens with zero attached hydrogens (tertiary/aromatic N) is 2. The lowest BCUT2D eigenvalue weighted by Gasteiger charge is -2.14. The molecule has 1 N–H and O–H groups in total. The van der Waals surface area contributed by atoms with E-state index in [1.165, 1.54) is 0 Å². The first kappa shape index (κ1) is 18.2. The molecule has 0 fully saturated rings. The Morgan fingerprint density at radius 3 is 2.79 bits per heavy atom. The molecule has 0 spiro atoms. The molecule has 0 unspecified atom stereocenters. The molecule has 0 bridgehead atoms. The van der Waals surface area contributed by atoms with Gasteiger partial charge in [0.1, 0.15) is 19.0 Å². The molecule has 132 valence electrons. The minimum absolute atomic E-state index is 0.152. The molecule has 2 aromatic rings. The first-order valence-electron chi connectivity index (χ1n) is 7.13. The van der Waals surface area contributed by atoms with E-state index in [9.17, 15) is 22.4 Å². The van der Waals surface area contributed by atoms with Crippen LogP contribution in [0, 0.1) is 6.92 Å². The van der Waals surface area contributed by atoms with E-state index < -0.39 is 31.5 Å². The minimum atomic E-state index is -4.26. The number of alkyl halides is 4. The third-order valence-corrected chi connectivity index (χ3v) is 3.51. The van der Waals surface area contributed by atoms with Gasteiger partial charge in [0.25, 0.3) is 0 Å². The van der Waals surface area contributed by atoms with Gasteiger partial charge < -0.3 is 14.6 Å². The number of rotatable bonds is 7. The molecule has 0 saturated carbocycles. The number of amides is 1. The molecule has 0 aliphatic heterocycles. The van der Waals surface area contributed by atoms with Crippen LogP contribution in [0.25, 0.3) is 11.0 Å². The second kappa shape index (κ2) is 7.16. The van der Waals surface area contributed by atoms with Crippen LogP contribution in [0.3, 0.4) is 0 Å². The number of halogens is 4. The molecule has 1 amide bonds. The highest BCUT2D eigenvalue weighted by molar-refractivity contribution is 5.78. The van der Waals surface area contributed by atoms with Crippen LogP contribution in [0.15, 0.2) is 18.2 Å². The fourth-order valence-electron chi connectivity index (χ4n) is 2.07. The Labute approximate surface area is 135 Å². The van der Waals surface area contributed by atoms with Crippen LogP contribution in [0.1, 0.15) is 11.4 Å². The standard InChI is InChI=1S/C15H17F4N3O2/c1-9-21-11-5-10(3-4-12(11)22(9)2)6-20-13(23)7-24-8-15(18,19)14(16)17/h3-5,14H,6-8H2,1-2H3,(H,20,23). The van der Waals surface area contributed by atoms with E-state index in [2.05, 4.69) is 15.0 Å². The summed E-state index contributed by atoms with van der Waals surface area (Å²) in [5, 5.41) is 2.47. The molecule has 0 radical (unpaired) electrons. The average Bonchev–Trinajstić information content (AvgIpc) is 2.79. The fraction of sp³-hybridized carbons (Fsp3) is 0.467. The van der Waals surface area contributed by atoms with Crippen LogP contribution in [0.5, 0.6) is 0 Å². The Balaban J connectivity index is 1.84. The summed E-state index contributed by atoms with van der Waals surface area (Å²) < 4.78 is 55.3. The number of carbonyl (C=O) groups is 1. The Morgan fingerprint density at radius 2 is 2.12 bits per heavy atom. The van der Waals surface area contributed by atoms with Crippen molar-refractivity contribution in [3.63, 3.8) is 0 Å². The van der Waals surface area contributed by atoms with Gasteiger partial charge in [0.05, 0.1) is 11.0 Å². The zero-order chi connectivity index (χ0) is 17.9. The summed E-state index contributed by atoms with van der Waals surface area (Å²) in [5.41, 5.74) is 2.49. The number of benzene rings is 1. The first-order chi connectivity index (χ1) is 11.2. The number of aryl methyl sites for hydroxylation is 2. The van der Waals surface area contributed by atoms with Crippen molar-refractivity contribution in [2.24, 2.45) is 7.05 Å². The average molecular weight is 347 g/mol. The van der Waals surface area contributed by atoms with Crippen LogP contribution in [0.4, 0.5) is 17.6 Å². The molecule has 1 aromatic carbocycles. The molecule has 0 atom stereocenters. The van der Waals surface area contributed by atoms with Crippen molar-refractivity contribution >= 4 is 16.9 Å². The zero-order valence-electron chi connectivity index (χ0n) is 13.2. The number of hydrogen-bond donors (Lipinski definition) is 1. The van der Waals surface area contributed by atoms with Gasteiger partial charge in [-0.05, 0) is 24.6 Å². The molecule has 1 heterocycles. The summed E-state index contributed by atoms with van der Waals surface area (Å²) in [7, 11) is 1.89. The van der Waals surface area contributed by atoms with E-state index in [1.54, 1.807) is 12.1 Å². The predicted octanol–water partition coefficient (Wildman–Crippen LogP) is 2.41. The van der Waals surface area contributed by atoms with E-state index in [1.807, 2.05) is 24.6 Å². The van der Waals surface area contributed by atoms with E-state index >= 15 is 0 Å². The number of nitrogens with one attached hydrogen (secondary N) is 1. The summed E-state index contributed by atoms with van der Waals surface area (Å²) in [6, 6.07) is 5.46. The molecule has 0 saturated heterocycles. The molecule has 5 nitrogen and oxygen atoms in total. The van der Waals surface area contributed by atoms with E-state index in [-0.39, 0.29) is 6.54 Å². The highest BCUT2D eigenvalue weighted by Crippen LogP contribution is 2.22. The van der Waals surface area contributed by atoms with Crippen molar-refractivity contribution in [3.8, 4) is 0 Å². The van der Waals surface area contributed by atoms with Gasteiger partial charge in [0.15, 0.2) is 0 Å². The van der Waals surface area contributed by atoms with Gasteiger partial charge in [0, 0.05) is 13.6 Å². The minimum Gasteiger partial charge on any atom is -0.365 e. The van der Waals surface area contributed by atoms with Gasteiger partial charge in [-0.3, -0.25) is 4.79 Å². The second-order valence-corrected chi connectivity index (χ2v) is 5.37. The van der Waals surface area contributed by atoms with Crippen LogP contribution in [0.2, 0.25) is 0 Å². The van der Waals surface area contributed by atoms with Crippen molar-refractivity contribution in [1.82, 2.24) is 14.9 Å². The number of fused-ring (bicyclic) bond motifs is 1. The number of aromatic nitrogens is 2. The third-order valence-electron chi connectivity index (χ3n) is 3.51. The third kappa shape index (κ3) is 4.22. The Hall–Kier alpha value is -2.16. The Morgan fingerprint density at radius 1 is 1.42 bits per heavy atom. The van der Waals surface area contributed by atoms with Gasteiger partial charge in [0.2, 0.25) is 5.91 Å². The quantitative estimate of drug-likeness (QED) is 0.783. The van der Waals surface area contributed by atoms with Crippen molar-refractivity contribution in [2.75, 3.05) is 13.2 Å². The lowest BCUT2D eigenvalue weighted by Crippen LogP contribution is -2.35. The Bertz CT molecular complexity index is 731. The maximum atomic E-state index is 12.6. The number of hydrogen-bond acceptors (Lipinski definition) is 3. The van der Waals surface area contributed by atoms with E-state index in [0.29, 0.717) is 0 Å². The van der Waals surface area contributed by atoms with Gasteiger partial charge in [-0.25, -0.2) is 13.8 Å². The molecule has 1 aromatic heterocycles. The summed E-state index contributed by atoms with van der Waals surface area (Å²) >= 11 is 0. The topological polar surface area (TPSA) is 56.1 Å². The van der Waals surface area contributed by atoms with Crippen LogP contribution in [-0.4, -0.2) is 41.0 Å². The molecule has 9 heteroatoms. The van der Waals surface area contributed by atoms with Crippen LogP contribution in [-0.2, 0) is 23.1 Å². The van der Waals surface area contributed by atoms with Gasteiger partial charge >= 0.3 is 12.3 Å². The summed E-state index contributed by atoms with van der Waals surface area (Å²) in [5.74, 6) is -4.08. The summed E-state index contributed by atoms with van der Waals surface area (Å²) in [4.78, 5) is 15.9. The van der Waals surface area contributed by atoms with Gasteiger partial charge in [-0.2, -0.15) is 8.78 Å². The van der Waals surface area contributed by atoms with Crippen molar-refractivity contribution in [2.45, 2.75) is 25.8 Å². The zero-order valence-corrected chi connectivity index (χ0v) is 13.2. The fourth-order valence-corrected chi connectivity index (χ4v) is 2.07. The molecule has 24 heavy (non-hydrogen) atoms. The van der Waals surface area contributed by atoms with Crippen molar-refractivity contribution < 1.29 is 27.1 Å². The maximum Gasteiger partial charge on any atom is 0.330 e. The highest BCUT2D eigenvalue weighted by atomic mass is 19.3. The normalized spacial score (nSPS) is 12.1. The number of imidazole rings is 1. The highest BCUT2D eigenvalue weighted by Gasteiger charge is 2.41. The first-order valence-corrected chi connectivity index (χ1v) is 7.13. The van der Waals surface area contributed by atoms with Crippen LogP contribution >= 0.6 is 0 Å². The lowest BCUT2D eigenvalue weighted by molar-refractivity contribution is -0.168. The summed E-state index contributed by atoms with van der Waals surface area (Å²) in [6.45, 7) is -0.197. The monoisotopic (exact) mass is 347 g/mol. The largest absolute Gasteiger partial charge is 0.365 e. The number of ether oxygens (including phenoxy) is 1. The molecule has 0 aliphatic carbocycles. The van der Waals surface area contributed by atoms with Gasteiger partial charge in [-0.15, -0.1) is 0 Å². The number of carbonyl (C=O) groups excluding carboxylic acids is 1. The smallest absolute Gasteiger partial charge is 0.330 e.